The zero-order valence-corrected chi connectivity index (χ0v) is 12.9. The SMILES string of the molecule is Cc1ccc(-c2cccc3c2C(O)c2ccccc2C3O)cc1. The third kappa shape index (κ3) is 2.19. The summed E-state index contributed by atoms with van der Waals surface area (Å²) in [7, 11) is 0. The maximum Gasteiger partial charge on any atom is 0.105 e. The van der Waals surface area contributed by atoms with Crippen LogP contribution in [0, 0.1) is 6.92 Å². The lowest BCUT2D eigenvalue weighted by Gasteiger charge is -2.30. The molecule has 1 aliphatic carbocycles. The fraction of sp³-hybridized carbons (Fsp3) is 0.143. The van der Waals surface area contributed by atoms with E-state index in [1.807, 2.05) is 42.5 Å². The van der Waals surface area contributed by atoms with Gasteiger partial charge in [-0.2, -0.15) is 0 Å². The van der Waals surface area contributed by atoms with E-state index in [-0.39, 0.29) is 0 Å². The van der Waals surface area contributed by atoms with E-state index in [1.165, 1.54) is 5.56 Å². The van der Waals surface area contributed by atoms with Crippen molar-refractivity contribution in [2.24, 2.45) is 0 Å². The highest BCUT2D eigenvalue weighted by Crippen LogP contribution is 2.44. The molecule has 2 N–H and O–H groups in total. The molecule has 3 aromatic rings. The monoisotopic (exact) mass is 302 g/mol. The van der Waals surface area contributed by atoms with Crippen LogP contribution < -0.4 is 0 Å². The molecule has 0 aromatic heterocycles. The third-order valence-electron chi connectivity index (χ3n) is 4.66. The summed E-state index contributed by atoms with van der Waals surface area (Å²) in [6.07, 6.45) is -1.42. The van der Waals surface area contributed by atoms with E-state index in [9.17, 15) is 10.2 Å². The Bertz CT molecular complexity index is 865. The van der Waals surface area contributed by atoms with Gasteiger partial charge in [-0.25, -0.2) is 0 Å². The van der Waals surface area contributed by atoms with E-state index < -0.39 is 12.2 Å². The third-order valence-corrected chi connectivity index (χ3v) is 4.66. The van der Waals surface area contributed by atoms with Gasteiger partial charge in [0.2, 0.25) is 0 Å². The highest BCUT2D eigenvalue weighted by molar-refractivity contribution is 5.72. The summed E-state index contributed by atoms with van der Waals surface area (Å²) < 4.78 is 0. The molecule has 4 rings (SSSR count). The zero-order valence-electron chi connectivity index (χ0n) is 12.9. The van der Waals surface area contributed by atoms with Crippen LogP contribution in [0.15, 0.2) is 66.7 Å². The molecule has 2 unspecified atom stereocenters. The Labute approximate surface area is 135 Å². The van der Waals surface area contributed by atoms with Gasteiger partial charge in [0.1, 0.15) is 12.2 Å². The quantitative estimate of drug-likeness (QED) is 0.709. The highest BCUT2D eigenvalue weighted by Gasteiger charge is 2.31. The topological polar surface area (TPSA) is 40.5 Å². The number of rotatable bonds is 1. The average molecular weight is 302 g/mol. The van der Waals surface area contributed by atoms with Crippen molar-refractivity contribution in [2.45, 2.75) is 19.1 Å². The maximum atomic E-state index is 10.9. The summed E-state index contributed by atoms with van der Waals surface area (Å²) in [6, 6.07) is 21.7. The van der Waals surface area contributed by atoms with Crippen molar-refractivity contribution in [3.8, 4) is 11.1 Å². The summed E-state index contributed by atoms with van der Waals surface area (Å²) in [5.74, 6) is 0. The van der Waals surface area contributed by atoms with Crippen molar-refractivity contribution in [3.63, 3.8) is 0 Å². The summed E-state index contributed by atoms with van der Waals surface area (Å²) in [4.78, 5) is 0. The number of aryl methyl sites for hydroxylation is 1. The van der Waals surface area contributed by atoms with Gasteiger partial charge in [0.05, 0.1) is 0 Å². The molecular formula is C21H18O2. The molecule has 2 atom stereocenters. The van der Waals surface area contributed by atoms with Crippen LogP contribution in [0.1, 0.15) is 40.0 Å². The van der Waals surface area contributed by atoms with Gasteiger partial charge in [-0.15, -0.1) is 0 Å². The minimum Gasteiger partial charge on any atom is -0.384 e. The second kappa shape index (κ2) is 5.34. The molecule has 1 aliphatic rings. The Kier molecular flexibility index (Phi) is 3.29. The van der Waals surface area contributed by atoms with Crippen LogP contribution in [-0.4, -0.2) is 10.2 Å². The first kappa shape index (κ1) is 14.2. The molecule has 0 bridgehead atoms. The predicted octanol–water partition coefficient (Wildman–Crippen LogP) is 4.14. The summed E-state index contributed by atoms with van der Waals surface area (Å²) in [6.45, 7) is 2.05. The van der Waals surface area contributed by atoms with Gasteiger partial charge in [-0.3, -0.25) is 0 Å². The van der Waals surface area contributed by atoms with Crippen LogP contribution in [0.5, 0.6) is 0 Å². The van der Waals surface area contributed by atoms with Crippen LogP contribution in [-0.2, 0) is 0 Å². The smallest absolute Gasteiger partial charge is 0.105 e. The first-order chi connectivity index (χ1) is 11.2. The van der Waals surface area contributed by atoms with Gasteiger partial charge in [-0.05, 0) is 40.3 Å². The van der Waals surface area contributed by atoms with E-state index in [1.54, 1.807) is 0 Å². The van der Waals surface area contributed by atoms with Gasteiger partial charge in [0, 0.05) is 0 Å². The van der Waals surface area contributed by atoms with Crippen LogP contribution in [0.4, 0.5) is 0 Å². The summed E-state index contributed by atoms with van der Waals surface area (Å²) in [5.41, 5.74) is 6.39. The second-order valence-electron chi connectivity index (χ2n) is 6.11. The lowest BCUT2D eigenvalue weighted by Crippen LogP contribution is -2.18. The first-order valence-corrected chi connectivity index (χ1v) is 7.81. The Morgan fingerprint density at radius 1 is 0.652 bits per heavy atom. The van der Waals surface area contributed by atoms with Gasteiger partial charge >= 0.3 is 0 Å². The Morgan fingerprint density at radius 2 is 1.26 bits per heavy atom. The Hall–Kier alpha value is -2.42. The lowest BCUT2D eigenvalue weighted by molar-refractivity contribution is 0.174. The number of hydrogen-bond acceptors (Lipinski definition) is 2. The van der Waals surface area contributed by atoms with E-state index in [0.29, 0.717) is 0 Å². The van der Waals surface area contributed by atoms with E-state index in [0.717, 1.165) is 33.4 Å². The fourth-order valence-corrected chi connectivity index (χ4v) is 3.44. The predicted molar refractivity (Wildman–Crippen MR) is 91.2 cm³/mol. The standard InChI is InChI=1S/C21H18O2/c1-13-9-11-14(12-10-13)15-7-4-8-18-19(15)21(23)17-6-3-2-5-16(17)20(18)22/h2-12,20-23H,1H3. The van der Waals surface area contributed by atoms with Gasteiger partial charge in [0.15, 0.2) is 0 Å². The molecular weight excluding hydrogens is 284 g/mol. The molecule has 114 valence electrons. The van der Waals surface area contributed by atoms with Crippen molar-refractivity contribution < 1.29 is 10.2 Å². The molecule has 0 aliphatic heterocycles. The van der Waals surface area contributed by atoms with Crippen molar-refractivity contribution in [3.05, 3.63) is 94.5 Å². The van der Waals surface area contributed by atoms with E-state index >= 15 is 0 Å². The largest absolute Gasteiger partial charge is 0.384 e. The number of benzene rings is 3. The van der Waals surface area contributed by atoms with Crippen molar-refractivity contribution in [2.75, 3.05) is 0 Å². The van der Waals surface area contributed by atoms with Crippen LogP contribution in [0.25, 0.3) is 11.1 Å². The molecule has 0 saturated carbocycles. The molecule has 3 aromatic carbocycles. The molecule has 2 heteroatoms. The van der Waals surface area contributed by atoms with Gasteiger partial charge in [-0.1, -0.05) is 72.3 Å². The average Bonchev–Trinajstić information content (AvgIpc) is 2.60. The normalized spacial score (nSPS) is 19.1. The molecule has 0 fully saturated rings. The Morgan fingerprint density at radius 3 is 1.96 bits per heavy atom. The molecule has 0 amide bonds. The highest BCUT2D eigenvalue weighted by atomic mass is 16.3. The van der Waals surface area contributed by atoms with Crippen molar-refractivity contribution in [1.82, 2.24) is 0 Å². The van der Waals surface area contributed by atoms with Crippen LogP contribution in [0.2, 0.25) is 0 Å². The molecule has 23 heavy (non-hydrogen) atoms. The van der Waals surface area contributed by atoms with Gasteiger partial charge in [0.25, 0.3) is 0 Å². The molecule has 2 nitrogen and oxygen atoms in total. The van der Waals surface area contributed by atoms with E-state index in [4.69, 9.17) is 0 Å². The molecule has 0 saturated heterocycles. The fourth-order valence-electron chi connectivity index (χ4n) is 3.44. The Balaban J connectivity index is 1.95. The lowest BCUT2D eigenvalue weighted by atomic mass is 9.78. The zero-order chi connectivity index (χ0) is 16.0. The maximum absolute atomic E-state index is 10.9. The second-order valence-corrected chi connectivity index (χ2v) is 6.11. The minimum atomic E-state index is -0.720. The molecule has 0 radical (unpaired) electrons. The number of hydrogen-bond donors (Lipinski definition) is 2. The molecule has 0 spiro atoms. The van der Waals surface area contributed by atoms with Crippen molar-refractivity contribution in [1.29, 1.82) is 0 Å². The summed E-state index contributed by atoms with van der Waals surface area (Å²) in [5, 5.41) is 21.7. The number of fused-ring (bicyclic) bond motifs is 2. The minimum absolute atomic E-state index is 0.699. The summed E-state index contributed by atoms with van der Waals surface area (Å²) >= 11 is 0. The van der Waals surface area contributed by atoms with Crippen molar-refractivity contribution >= 4 is 0 Å². The van der Waals surface area contributed by atoms with Gasteiger partial charge < -0.3 is 10.2 Å². The van der Waals surface area contributed by atoms with Crippen LogP contribution in [0.3, 0.4) is 0 Å². The number of aliphatic hydroxyl groups is 2. The molecule has 0 heterocycles. The number of aliphatic hydroxyl groups excluding tert-OH is 2. The first-order valence-electron chi connectivity index (χ1n) is 7.81. The van der Waals surface area contributed by atoms with E-state index in [2.05, 4.69) is 31.2 Å². The van der Waals surface area contributed by atoms with Crippen LogP contribution >= 0.6 is 0 Å².